The Morgan fingerprint density at radius 3 is 2.95 bits per heavy atom. The number of aromatic amines is 1. The Hall–Kier alpha value is -2.18. The second kappa shape index (κ2) is 5.85. The van der Waals surface area contributed by atoms with Crippen LogP contribution < -0.4 is 5.32 Å². The van der Waals surface area contributed by atoms with Crippen LogP contribution in [0.5, 0.6) is 0 Å². The first-order valence-corrected chi connectivity index (χ1v) is 7.00. The molecule has 7 nitrogen and oxygen atoms in total. The van der Waals surface area contributed by atoms with Crippen molar-refractivity contribution in [2.45, 2.75) is 44.7 Å². The minimum absolute atomic E-state index is 0.130. The van der Waals surface area contributed by atoms with Crippen LogP contribution in [0.25, 0.3) is 0 Å². The Balaban J connectivity index is 1.59. The van der Waals surface area contributed by atoms with Crippen LogP contribution in [0.3, 0.4) is 0 Å². The highest BCUT2D eigenvalue weighted by Gasteiger charge is 2.17. The minimum atomic E-state index is -0.130. The molecule has 0 radical (unpaired) electrons. The average molecular weight is 274 g/mol. The summed E-state index contributed by atoms with van der Waals surface area (Å²) in [5.41, 5.74) is 1.30. The van der Waals surface area contributed by atoms with Gasteiger partial charge in [-0.05, 0) is 12.8 Å². The van der Waals surface area contributed by atoms with E-state index in [1.807, 2.05) is 10.9 Å². The molecular weight excluding hydrogens is 256 g/mol. The number of carbonyl (C=O) groups excluding carboxylic acids is 1. The molecule has 1 amide bonds. The predicted molar refractivity (Wildman–Crippen MR) is 71.9 cm³/mol. The molecule has 0 spiro atoms. The van der Waals surface area contributed by atoms with Crippen molar-refractivity contribution in [2.75, 3.05) is 0 Å². The topological polar surface area (TPSA) is 88.5 Å². The summed E-state index contributed by atoms with van der Waals surface area (Å²) in [4.78, 5) is 12.0. The zero-order valence-corrected chi connectivity index (χ0v) is 11.2. The van der Waals surface area contributed by atoms with Gasteiger partial charge in [-0.1, -0.05) is 19.3 Å². The molecule has 3 rings (SSSR count). The van der Waals surface area contributed by atoms with E-state index in [0.29, 0.717) is 23.8 Å². The van der Waals surface area contributed by atoms with E-state index in [0.717, 1.165) is 12.8 Å². The third-order valence-electron chi connectivity index (χ3n) is 3.71. The van der Waals surface area contributed by atoms with Crippen molar-refractivity contribution in [1.29, 1.82) is 0 Å². The van der Waals surface area contributed by atoms with E-state index in [-0.39, 0.29) is 5.91 Å². The quantitative estimate of drug-likeness (QED) is 0.883. The van der Waals surface area contributed by atoms with E-state index in [1.165, 1.54) is 19.3 Å². The fourth-order valence-electron chi connectivity index (χ4n) is 2.58. The van der Waals surface area contributed by atoms with Crippen LogP contribution in [0.1, 0.15) is 54.2 Å². The number of nitrogens with zero attached hydrogens (tertiary/aromatic N) is 4. The molecule has 20 heavy (non-hydrogen) atoms. The summed E-state index contributed by atoms with van der Waals surface area (Å²) >= 11 is 0. The van der Waals surface area contributed by atoms with Gasteiger partial charge < -0.3 is 5.32 Å². The monoisotopic (exact) mass is 274 g/mol. The maximum Gasteiger partial charge on any atom is 0.254 e. The van der Waals surface area contributed by atoms with Gasteiger partial charge in [-0.2, -0.15) is 20.5 Å². The van der Waals surface area contributed by atoms with E-state index in [2.05, 4.69) is 25.8 Å². The molecule has 2 aromatic rings. The molecule has 1 aliphatic rings. The van der Waals surface area contributed by atoms with Crippen LogP contribution in [-0.4, -0.2) is 31.1 Å². The number of carbonyl (C=O) groups is 1. The molecule has 2 N–H and O–H groups in total. The molecular formula is C13H18N6O. The van der Waals surface area contributed by atoms with Gasteiger partial charge in [0.05, 0.1) is 30.5 Å². The summed E-state index contributed by atoms with van der Waals surface area (Å²) in [7, 11) is 0. The van der Waals surface area contributed by atoms with Gasteiger partial charge >= 0.3 is 0 Å². The Morgan fingerprint density at radius 2 is 2.20 bits per heavy atom. The lowest BCUT2D eigenvalue weighted by atomic mass is 9.96. The average Bonchev–Trinajstić information content (AvgIpc) is 3.17. The summed E-state index contributed by atoms with van der Waals surface area (Å²) < 4.78 is 1.93. The van der Waals surface area contributed by atoms with Crippen LogP contribution in [0.15, 0.2) is 18.6 Å². The van der Waals surface area contributed by atoms with E-state index < -0.39 is 0 Å². The number of H-pyrrole nitrogens is 1. The van der Waals surface area contributed by atoms with Crippen molar-refractivity contribution in [1.82, 2.24) is 30.5 Å². The smallest absolute Gasteiger partial charge is 0.254 e. The molecule has 1 saturated carbocycles. The highest BCUT2D eigenvalue weighted by Crippen LogP contribution is 2.27. The third-order valence-corrected chi connectivity index (χ3v) is 3.71. The highest BCUT2D eigenvalue weighted by atomic mass is 16.1. The molecule has 1 fully saturated rings. The van der Waals surface area contributed by atoms with Crippen molar-refractivity contribution < 1.29 is 4.79 Å². The first-order chi connectivity index (χ1) is 9.83. The van der Waals surface area contributed by atoms with Crippen molar-refractivity contribution in [2.24, 2.45) is 0 Å². The van der Waals surface area contributed by atoms with Gasteiger partial charge in [0.1, 0.15) is 5.69 Å². The normalized spacial score (nSPS) is 16.2. The first kappa shape index (κ1) is 12.8. The van der Waals surface area contributed by atoms with E-state index in [9.17, 15) is 4.79 Å². The van der Waals surface area contributed by atoms with Crippen molar-refractivity contribution in [3.63, 3.8) is 0 Å². The minimum Gasteiger partial charge on any atom is -0.346 e. The van der Waals surface area contributed by atoms with Crippen molar-refractivity contribution in [3.8, 4) is 0 Å². The second-order valence-corrected chi connectivity index (χ2v) is 5.14. The Labute approximate surface area is 116 Å². The molecule has 7 heteroatoms. The molecule has 2 aromatic heterocycles. The van der Waals surface area contributed by atoms with Crippen LogP contribution >= 0.6 is 0 Å². The number of nitrogens with one attached hydrogen (secondary N) is 2. The van der Waals surface area contributed by atoms with Gasteiger partial charge in [0.15, 0.2) is 0 Å². The summed E-state index contributed by atoms with van der Waals surface area (Å²) in [6.07, 6.45) is 11.2. The first-order valence-electron chi connectivity index (χ1n) is 7.00. The molecule has 106 valence electrons. The fraction of sp³-hybridized carbons (Fsp3) is 0.538. The number of aromatic nitrogens is 5. The van der Waals surface area contributed by atoms with E-state index >= 15 is 0 Å². The number of amides is 1. The van der Waals surface area contributed by atoms with Gasteiger partial charge in [-0.25, -0.2) is 0 Å². The van der Waals surface area contributed by atoms with Crippen LogP contribution in [0, 0.1) is 0 Å². The molecule has 0 aliphatic heterocycles. The Morgan fingerprint density at radius 1 is 1.35 bits per heavy atom. The standard InChI is InChI=1S/C13H18N6O/c20-13(14-7-11-8-15-18-17-11)10-6-16-19(9-10)12-4-2-1-3-5-12/h6,8-9,12H,1-5,7H2,(H,14,20)(H,15,17,18). The summed E-state index contributed by atoms with van der Waals surface area (Å²) in [6, 6.07) is 0.445. The molecule has 0 saturated heterocycles. The van der Waals surface area contributed by atoms with Gasteiger partial charge in [-0.3, -0.25) is 9.48 Å². The van der Waals surface area contributed by atoms with Crippen molar-refractivity contribution >= 4 is 5.91 Å². The maximum atomic E-state index is 12.0. The fourth-order valence-corrected chi connectivity index (χ4v) is 2.58. The van der Waals surface area contributed by atoms with Gasteiger partial charge in [-0.15, -0.1) is 0 Å². The SMILES string of the molecule is O=C(NCc1cn[nH]n1)c1cnn(C2CCCCC2)c1. The zero-order chi connectivity index (χ0) is 13.8. The molecule has 0 bridgehead atoms. The largest absolute Gasteiger partial charge is 0.346 e. The maximum absolute atomic E-state index is 12.0. The highest BCUT2D eigenvalue weighted by molar-refractivity contribution is 5.93. The Kier molecular flexibility index (Phi) is 3.76. The zero-order valence-electron chi connectivity index (χ0n) is 11.2. The summed E-state index contributed by atoms with van der Waals surface area (Å²) in [6.45, 7) is 0.365. The molecule has 2 heterocycles. The predicted octanol–water partition coefficient (Wildman–Crippen LogP) is 1.44. The van der Waals surface area contributed by atoms with E-state index in [1.54, 1.807) is 12.4 Å². The lowest BCUT2D eigenvalue weighted by molar-refractivity contribution is 0.0950. The summed E-state index contributed by atoms with van der Waals surface area (Å²) in [5, 5.41) is 17.2. The lowest BCUT2D eigenvalue weighted by Crippen LogP contribution is -2.22. The number of hydrogen-bond acceptors (Lipinski definition) is 4. The summed E-state index contributed by atoms with van der Waals surface area (Å²) in [5.74, 6) is -0.130. The molecule has 0 aromatic carbocycles. The number of rotatable bonds is 4. The van der Waals surface area contributed by atoms with Gasteiger partial charge in [0.25, 0.3) is 5.91 Å². The molecule has 0 atom stereocenters. The second-order valence-electron chi connectivity index (χ2n) is 5.14. The van der Waals surface area contributed by atoms with Crippen LogP contribution in [0.4, 0.5) is 0 Å². The molecule has 0 unspecified atom stereocenters. The lowest BCUT2D eigenvalue weighted by Gasteiger charge is -2.21. The van der Waals surface area contributed by atoms with Crippen LogP contribution in [0.2, 0.25) is 0 Å². The third kappa shape index (κ3) is 2.87. The van der Waals surface area contributed by atoms with Crippen molar-refractivity contribution in [3.05, 3.63) is 29.8 Å². The van der Waals surface area contributed by atoms with Gasteiger partial charge in [0.2, 0.25) is 0 Å². The van der Waals surface area contributed by atoms with Gasteiger partial charge in [0, 0.05) is 6.20 Å². The number of hydrogen-bond donors (Lipinski definition) is 2. The van der Waals surface area contributed by atoms with Crippen LogP contribution in [-0.2, 0) is 6.54 Å². The molecule has 1 aliphatic carbocycles. The van der Waals surface area contributed by atoms with E-state index in [4.69, 9.17) is 0 Å². The Bertz CT molecular complexity index is 555.